The number of hydrazine groups is 1. The number of nitrogens with one attached hydrogen (secondary N) is 2. The molecule has 170 valence electrons. The lowest BCUT2D eigenvalue weighted by atomic mass is 10.2. The fourth-order valence-electron chi connectivity index (χ4n) is 2.80. The highest BCUT2D eigenvalue weighted by atomic mass is 32.2. The summed E-state index contributed by atoms with van der Waals surface area (Å²) in [5.74, 6) is -1.31. The van der Waals surface area contributed by atoms with E-state index < -0.39 is 26.9 Å². The van der Waals surface area contributed by atoms with Gasteiger partial charge < -0.3 is 4.18 Å². The Morgan fingerprint density at radius 3 is 1.88 bits per heavy atom. The first-order valence-electron chi connectivity index (χ1n) is 9.54. The van der Waals surface area contributed by atoms with Gasteiger partial charge >= 0.3 is 10.1 Å². The summed E-state index contributed by atoms with van der Waals surface area (Å²) in [4.78, 5) is 34.4. The molecule has 11 heteroatoms. The predicted octanol–water partition coefficient (Wildman–Crippen LogP) is 3.05. The number of rotatable bonds is 6. The van der Waals surface area contributed by atoms with E-state index in [9.17, 15) is 28.1 Å². The van der Waals surface area contributed by atoms with Gasteiger partial charge in [0, 0.05) is 23.3 Å². The van der Waals surface area contributed by atoms with Crippen molar-refractivity contribution in [3.63, 3.8) is 0 Å². The number of non-ortho nitro benzene ring substituents is 1. The normalized spacial score (nSPS) is 10.8. The lowest BCUT2D eigenvalue weighted by molar-refractivity contribution is -0.384. The molecule has 0 radical (unpaired) electrons. The van der Waals surface area contributed by atoms with Gasteiger partial charge in [-0.1, -0.05) is 12.1 Å². The van der Waals surface area contributed by atoms with Crippen LogP contribution in [0, 0.1) is 24.0 Å². The van der Waals surface area contributed by atoms with Crippen molar-refractivity contribution < 1.29 is 27.1 Å². The highest BCUT2D eigenvalue weighted by Crippen LogP contribution is 2.22. The van der Waals surface area contributed by atoms with E-state index in [1.807, 2.05) is 0 Å². The zero-order valence-corrected chi connectivity index (χ0v) is 18.4. The van der Waals surface area contributed by atoms with E-state index in [0.717, 1.165) is 5.56 Å². The Morgan fingerprint density at radius 2 is 1.36 bits per heavy atom. The van der Waals surface area contributed by atoms with Crippen LogP contribution >= 0.6 is 0 Å². The second-order valence-corrected chi connectivity index (χ2v) is 8.56. The number of nitrogens with zero attached hydrogens (tertiary/aromatic N) is 1. The van der Waals surface area contributed by atoms with Crippen molar-refractivity contribution in [1.82, 2.24) is 10.9 Å². The van der Waals surface area contributed by atoms with Gasteiger partial charge in [-0.05, 0) is 67.4 Å². The van der Waals surface area contributed by atoms with E-state index in [4.69, 9.17) is 4.18 Å². The van der Waals surface area contributed by atoms with Crippen molar-refractivity contribution in [1.29, 1.82) is 0 Å². The maximum Gasteiger partial charge on any atom is 0.339 e. The smallest absolute Gasteiger partial charge is 0.339 e. The van der Waals surface area contributed by atoms with Gasteiger partial charge in [-0.25, -0.2) is 0 Å². The molecule has 10 nitrogen and oxygen atoms in total. The Balaban J connectivity index is 1.62. The maximum atomic E-state index is 12.6. The Hall–Kier alpha value is -4.25. The first-order chi connectivity index (χ1) is 15.6. The van der Waals surface area contributed by atoms with Crippen LogP contribution in [0.15, 0.2) is 71.6 Å². The molecule has 0 aliphatic carbocycles. The molecule has 2 amide bonds. The van der Waals surface area contributed by atoms with Crippen LogP contribution in [0.1, 0.15) is 31.8 Å². The summed E-state index contributed by atoms with van der Waals surface area (Å²) in [7, 11) is -4.06. The van der Waals surface area contributed by atoms with Crippen LogP contribution in [0.4, 0.5) is 5.69 Å². The third kappa shape index (κ3) is 5.71. The van der Waals surface area contributed by atoms with Crippen LogP contribution in [0.5, 0.6) is 5.75 Å². The second kappa shape index (κ2) is 9.49. The summed E-state index contributed by atoms with van der Waals surface area (Å²) < 4.78 is 30.3. The lowest BCUT2D eigenvalue weighted by Gasteiger charge is -2.11. The standard InChI is InChI=1S/C22H19N3O7S/c1-14-3-4-15(2)20(13-14)33(30,31)32-19-11-7-17(8-12-19)22(27)24-23-21(26)16-5-9-18(10-6-16)25(28)29/h3-13H,1-2H3,(H,23,26)(H,24,27). The van der Waals surface area contributed by atoms with Crippen molar-refractivity contribution in [2.75, 3.05) is 0 Å². The molecule has 0 heterocycles. The molecule has 3 aromatic carbocycles. The number of amides is 2. The first-order valence-corrected chi connectivity index (χ1v) is 10.9. The zero-order chi connectivity index (χ0) is 24.2. The van der Waals surface area contributed by atoms with Gasteiger partial charge in [-0.15, -0.1) is 0 Å². The van der Waals surface area contributed by atoms with E-state index in [1.54, 1.807) is 26.0 Å². The highest BCUT2D eigenvalue weighted by Gasteiger charge is 2.20. The summed E-state index contributed by atoms with van der Waals surface area (Å²) in [6.45, 7) is 3.43. The molecule has 0 spiro atoms. The molecule has 0 unspecified atom stereocenters. The molecule has 33 heavy (non-hydrogen) atoms. The summed E-state index contributed by atoms with van der Waals surface area (Å²) in [6, 6.07) is 15.1. The molecule has 0 aliphatic heterocycles. The van der Waals surface area contributed by atoms with Crippen LogP contribution in [0.3, 0.4) is 0 Å². The van der Waals surface area contributed by atoms with Gasteiger partial charge in [0.1, 0.15) is 10.6 Å². The van der Waals surface area contributed by atoms with Gasteiger partial charge in [0.05, 0.1) is 4.92 Å². The molecule has 0 fully saturated rings. The zero-order valence-electron chi connectivity index (χ0n) is 17.6. The predicted molar refractivity (Wildman–Crippen MR) is 118 cm³/mol. The number of aryl methyl sites for hydroxylation is 2. The molecular formula is C22H19N3O7S. The number of carbonyl (C=O) groups is 2. The highest BCUT2D eigenvalue weighted by molar-refractivity contribution is 7.87. The number of hydrogen-bond donors (Lipinski definition) is 2. The maximum absolute atomic E-state index is 12.6. The van der Waals surface area contributed by atoms with Crippen molar-refractivity contribution >= 4 is 27.6 Å². The minimum atomic E-state index is -4.06. The number of nitro benzene ring substituents is 1. The number of nitro groups is 1. The van der Waals surface area contributed by atoms with Crippen LogP contribution in [0.25, 0.3) is 0 Å². The fraction of sp³-hybridized carbons (Fsp3) is 0.0909. The second-order valence-electron chi connectivity index (χ2n) is 7.04. The van der Waals surface area contributed by atoms with E-state index in [1.165, 1.54) is 54.6 Å². The fourth-order valence-corrected chi connectivity index (χ4v) is 4.05. The lowest BCUT2D eigenvalue weighted by Crippen LogP contribution is -2.41. The van der Waals surface area contributed by atoms with Crippen LogP contribution in [0.2, 0.25) is 0 Å². The Morgan fingerprint density at radius 1 is 0.848 bits per heavy atom. The molecule has 0 aromatic heterocycles. The van der Waals surface area contributed by atoms with E-state index in [-0.39, 0.29) is 27.5 Å². The van der Waals surface area contributed by atoms with E-state index in [0.29, 0.717) is 5.56 Å². The largest absolute Gasteiger partial charge is 0.379 e. The van der Waals surface area contributed by atoms with Crippen molar-refractivity contribution in [2.45, 2.75) is 18.7 Å². The molecule has 0 bridgehead atoms. The quantitative estimate of drug-likeness (QED) is 0.321. The SMILES string of the molecule is Cc1ccc(C)c(S(=O)(=O)Oc2ccc(C(=O)NNC(=O)c3ccc([N+](=O)[O-])cc3)cc2)c1. The number of hydrogen-bond acceptors (Lipinski definition) is 7. The molecule has 3 aromatic rings. The molecule has 0 saturated carbocycles. The van der Waals surface area contributed by atoms with Crippen LogP contribution in [-0.4, -0.2) is 25.2 Å². The van der Waals surface area contributed by atoms with E-state index >= 15 is 0 Å². The van der Waals surface area contributed by atoms with Gasteiger partial charge in [0.2, 0.25) is 0 Å². The molecule has 2 N–H and O–H groups in total. The molecule has 3 rings (SSSR count). The van der Waals surface area contributed by atoms with Crippen LogP contribution < -0.4 is 15.0 Å². The van der Waals surface area contributed by atoms with Crippen molar-refractivity contribution in [3.8, 4) is 5.75 Å². The summed E-state index contributed by atoms with van der Waals surface area (Å²) >= 11 is 0. The Labute approximate surface area is 189 Å². The molecule has 0 saturated heterocycles. The minimum absolute atomic E-state index is 0.0161. The van der Waals surface area contributed by atoms with Crippen LogP contribution in [-0.2, 0) is 10.1 Å². The van der Waals surface area contributed by atoms with Gasteiger partial charge in [0.15, 0.2) is 0 Å². The van der Waals surface area contributed by atoms with Gasteiger partial charge in [0.25, 0.3) is 17.5 Å². The summed E-state index contributed by atoms with van der Waals surface area (Å²) in [6.07, 6.45) is 0. The van der Waals surface area contributed by atoms with Crippen molar-refractivity contribution in [3.05, 3.63) is 99.1 Å². The number of benzene rings is 3. The molecule has 0 atom stereocenters. The average molecular weight is 469 g/mol. The Bertz CT molecular complexity index is 1320. The van der Waals surface area contributed by atoms with Gasteiger partial charge in [-0.2, -0.15) is 8.42 Å². The third-order valence-corrected chi connectivity index (χ3v) is 5.96. The summed E-state index contributed by atoms with van der Waals surface area (Å²) in [5, 5.41) is 10.7. The van der Waals surface area contributed by atoms with Crippen molar-refractivity contribution in [2.24, 2.45) is 0 Å². The topological polar surface area (TPSA) is 145 Å². The third-order valence-electron chi connectivity index (χ3n) is 4.57. The van der Waals surface area contributed by atoms with E-state index in [2.05, 4.69) is 10.9 Å². The first kappa shape index (κ1) is 23.4. The molecule has 0 aliphatic rings. The summed E-state index contributed by atoms with van der Waals surface area (Å²) in [5.41, 5.74) is 5.80. The number of carbonyl (C=O) groups excluding carboxylic acids is 2. The van der Waals surface area contributed by atoms with Gasteiger partial charge in [-0.3, -0.25) is 30.6 Å². The Kier molecular flexibility index (Phi) is 6.73. The monoisotopic (exact) mass is 469 g/mol. The average Bonchev–Trinajstić information content (AvgIpc) is 2.79. The molecular weight excluding hydrogens is 450 g/mol. The minimum Gasteiger partial charge on any atom is -0.379 e.